The number of ether oxygens (including phenoxy) is 1. The highest BCUT2D eigenvalue weighted by Crippen LogP contribution is 2.13. The van der Waals surface area contributed by atoms with Crippen LogP contribution in [0.5, 0.6) is 0 Å². The van der Waals surface area contributed by atoms with Crippen molar-refractivity contribution in [1.82, 2.24) is 9.80 Å². The fourth-order valence-electron chi connectivity index (χ4n) is 3.04. The maximum Gasteiger partial charge on any atom is 0.254 e. The lowest BCUT2D eigenvalue weighted by molar-refractivity contribution is -0.117. The van der Waals surface area contributed by atoms with Crippen LogP contribution in [0.3, 0.4) is 0 Å². The summed E-state index contributed by atoms with van der Waals surface area (Å²) in [5, 5.41) is 2.88. The average Bonchev–Trinajstić information content (AvgIpc) is 2.69. The second-order valence-electron chi connectivity index (χ2n) is 6.69. The van der Waals surface area contributed by atoms with Gasteiger partial charge in [-0.2, -0.15) is 0 Å². The molecule has 0 aliphatic carbocycles. The highest BCUT2D eigenvalue weighted by atomic mass is 16.5. The topological polar surface area (TPSA) is 61.9 Å². The molecule has 2 aromatic rings. The second-order valence-corrected chi connectivity index (χ2v) is 6.69. The molecule has 1 N–H and O–H groups in total. The van der Waals surface area contributed by atoms with Crippen LogP contribution < -0.4 is 5.32 Å². The van der Waals surface area contributed by atoms with Crippen LogP contribution in [0.15, 0.2) is 54.6 Å². The molecule has 27 heavy (non-hydrogen) atoms. The van der Waals surface area contributed by atoms with E-state index in [4.69, 9.17) is 4.74 Å². The number of benzene rings is 2. The number of nitrogens with one attached hydrogen (secondary N) is 1. The van der Waals surface area contributed by atoms with E-state index in [0.29, 0.717) is 50.6 Å². The fourth-order valence-corrected chi connectivity index (χ4v) is 3.04. The van der Waals surface area contributed by atoms with E-state index < -0.39 is 0 Å². The Labute approximate surface area is 159 Å². The number of nitrogens with zero attached hydrogens (tertiary/aromatic N) is 2. The van der Waals surface area contributed by atoms with Crippen LogP contribution >= 0.6 is 0 Å². The lowest BCUT2D eigenvalue weighted by atomic mass is 10.1. The van der Waals surface area contributed by atoms with Gasteiger partial charge in [-0.3, -0.25) is 14.5 Å². The average molecular weight is 367 g/mol. The second kappa shape index (κ2) is 9.30. The molecule has 2 aromatic carbocycles. The van der Waals surface area contributed by atoms with Gasteiger partial charge in [-0.15, -0.1) is 0 Å². The molecule has 0 unspecified atom stereocenters. The first-order valence-electron chi connectivity index (χ1n) is 9.11. The quantitative estimate of drug-likeness (QED) is 0.851. The minimum absolute atomic E-state index is 0.00114. The monoisotopic (exact) mass is 367 g/mol. The molecule has 6 heteroatoms. The van der Waals surface area contributed by atoms with Gasteiger partial charge in [0, 0.05) is 30.9 Å². The zero-order chi connectivity index (χ0) is 19.1. The predicted octanol–water partition coefficient (Wildman–Crippen LogP) is 2.23. The van der Waals surface area contributed by atoms with Crippen LogP contribution in [0.25, 0.3) is 0 Å². The van der Waals surface area contributed by atoms with Crippen molar-refractivity contribution in [3.63, 3.8) is 0 Å². The molecule has 0 radical (unpaired) electrons. The first kappa shape index (κ1) is 19.1. The molecule has 2 amide bonds. The van der Waals surface area contributed by atoms with Crippen molar-refractivity contribution in [1.29, 1.82) is 0 Å². The molecule has 1 fully saturated rings. The number of hydrogen-bond donors (Lipinski definition) is 1. The van der Waals surface area contributed by atoms with Gasteiger partial charge in [-0.25, -0.2) is 0 Å². The SMILES string of the molecule is CN(CC(=O)Nc1ccc(C(=O)N2CCOCC2)cc1)Cc1ccccc1. The number of hydrogen-bond acceptors (Lipinski definition) is 4. The Morgan fingerprint density at radius 2 is 1.70 bits per heavy atom. The van der Waals surface area contributed by atoms with Gasteiger partial charge >= 0.3 is 0 Å². The van der Waals surface area contributed by atoms with Crippen molar-refractivity contribution in [2.45, 2.75) is 6.54 Å². The van der Waals surface area contributed by atoms with E-state index in [1.165, 1.54) is 5.56 Å². The third kappa shape index (κ3) is 5.64. The number of morpholine rings is 1. The van der Waals surface area contributed by atoms with Gasteiger partial charge in [0.25, 0.3) is 5.91 Å². The molecule has 1 aliphatic heterocycles. The maximum atomic E-state index is 12.4. The molecule has 0 spiro atoms. The van der Waals surface area contributed by atoms with Gasteiger partial charge in [0.1, 0.15) is 0 Å². The Bertz CT molecular complexity index is 756. The molecule has 142 valence electrons. The predicted molar refractivity (Wildman–Crippen MR) is 105 cm³/mol. The molecular formula is C21H25N3O3. The van der Waals surface area contributed by atoms with Crippen molar-refractivity contribution in [2.24, 2.45) is 0 Å². The Hall–Kier alpha value is -2.70. The Balaban J connectivity index is 1.50. The largest absolute Gasteiger partial charge is 0.378 e. The summed E-state index contributed by atoms with van der Waals surface area (Å²) < 4.78 is 5.27. The standard InChI is InChI=1S/C21H25N3O3/c1-23(15-17-5-3-2-4-6-17)16-20(25)22-19-9-7-18(8-10-19)21(26)24-11-13-27-14-12-24/h2-10H,11-16H2,1H3,(H,22,25). The van der Waals surface area contributed by atoms with Gasteiger partial charge in [0.2, 0.25) is 5.91 Å². The highest BCUT2D eigenvalue weighted by molar-refractivity contribution is 5.96. The van der Waals surface area contributed by atoms with E-state index in [9.17, 15) is 9.59 Å². The highest BCUT2D eigenvalue weighted by Gasteiger charge is 2.18. The van der Waals surface area contributed by atoms with Crippen LogP contribution in [-0.4, -0.2) is 61.5 Å². The van der Waals surface area contributed by atoms with Gasteiger partial charge in [0.05, 0.1) is 19.8 Å². The Kier molecular flexibility index (Phi) is 6.57. The maximum absolute atomic E-state index is 12.4. The van der Waals surface area contributed by atoms with Crippen LogP contribution in [0.1, 0.15) is 15.9 Å². The van der Waals surface area contributed by atoms with Gasteiger partial charge in [-0.05, 0) is 36.9 Å². The minimum Gasteiger partial charge on any atom is -0.378 e. The molecule has 1 saturated heterocycles. The molecular weight excluding hydrogens is 342 g/mol. The van der Waals surface area contributed by atoms with E-state index in [2.05, 4.69) is 5.32 Å². The van der Waals surface area contributed by atoms with E-state index in [1.54, 1.807) is 29.2 Å². The van der Waals surface area contributed by atoms with Gasteiger partial charge in [0.15, 0.2) is 0 Å². The normalized spacial score (nSPS) is 14.2. The minimum atomic E-state index is -0.0827. The number of carbonyl (C=O) groups excluding carboxylic acids is 2. The summed E-state index contributed by atoms with van der Waals surface area (Å²) in [7, 11) is 1.91. The number of anilines is 1. The first-order valence-corrected chi connectivity index (χ1v) is 9.11. The smallest absolute Gasteiger partial charge is 0.254 e. The molecule has 1 heterocycles. The van der Waals surface area contributed by atoms with Gasteiger partial charge in [-0.1, -0.05) is 30.3 Å². The lowest BCUT2D eigenvalue weighted by Gasteiger charge is -2.26. The van der Waals surface area contributed by atoms with Crippen LogP contribution in [0, 0.1) is 0 Å². The Morgan fingerprint density at radius 1 is 1.04 bits per heavy atom. The molecule has 3 rings (SSSR count). The molecule has 0 aromatic heterocycles. The van der Waals surface area contributed by atoms with Crippen molar-refractivity contribution in [3.8, 4) is 0 Å². The van der Waals surface area contributed by atoms with Crippen molar-refractivity contribution in [3.05, 3.63) is 65.7 Å². The molecule has 0 atom stereocenters. The third-order valence-corrected chi connectivity index (χ3v) is 4.42. The summed E-state index contributed by atoms with van der Waals surface area (Å²) in [4.78, 5) is 28.4. The van der Waals surface area contributed by atoms with E-state index in [1.807, 2.05) is 42.3 Å². The molecule has 0 saturated carbocycles. The van der Waals surface area contributed by atoms with E-state index in [-0.39, 0.29) is 11.8 Å². The first-order chi connectivity index (χ1) is 13.1. The van der Waals surface area contributed by atoms with Crippen molar-refractivity contribution in [2.75, 3.05) is 45.2 Å². The summed E-state index contributed by atoms with van der Waals surface area (Å²) in [6, 6.07) is 17.1. The zero-order valence-electron chi connectivity index (χ0n) is 15.6. The summed E-state index contributed by atoms with van der Waals surface area (Å²) in [5.41, 5.74) is 2.47. The number of carbonyl (C=O) groups is 2. The molecule has 0 bridgehead atoms. The van der Waals surface area contributed by atoms with Crippen LogP contribution in [0.2, 0.25) is 0 Å². The number of amides is 2. The third-order valence-electron chi connectivity index (χ3n) is 4.42. The number of rotatable bonds is 6. The van der Waals surface area contributed by atoms with Crippen LogP contribution in [-0.2, 0) is 16.1 Å². The van der Waals surface area contributed by atoms with E-state index >= 15 is 0 Å². The molecule has 1 aliphatic rings. The summed E-state index contributed by atoms with van der Waals surface area (Å²) in [6.45, 7) is 3.40. The summed E-state index contributed by atoms with van der Waals surface area (Å²) >= 11 is 0. The number of likely N-dealkylation sites (N-methyl/N-ethyl adjacent to an activating group) is 1. The van der Waals surface area contributed by atoms with E-state index in [0.717, 1.165) is 0 Å². The van der Waals surface area contributed by atoms with Gasteiger partial charge < -0.3 is 15.0 Å². The van der Waals surface area contributed by atoms with Crippen molar-refractivity contribution >= 4 is 17.5 Å². The van der Waals surface area contributed by atoms with Crippen LogP contribution in [0.4, 0.5) is 5.69 Å². The Morgan fingerprint density at radius 3 is 2.37 bits per heavy atom. The fraction of sp³-hybridized carbons (Fsp3) is 0.333. The summed E-state index contributed by atoms with van der Waals surface area (Å²) in [6.07, 6.45) is 0. The zero-order valence-corrected chi connectivity index (χ0v) is 15.6. The molecule has 6 nitrogen and oxygen atoms in total. The lowest BCUT2D eigenvalue weighted by Crippen LogP contribution is -2.40. The summed E-state index contributed by atoms with van der Waals surface area (Å²) in [5.74, 6) is -0.0838. The van der Waals surface area contributed by atoms with Crippen molar-refractivity contribution < 1.29 is 14.3 Å².